The van der Waals surface area contributed by atoms with Crippen LogP contribution in [0, 0.1) is 5.82 Å². The summed E-state index contributed by atoms with van der Waals surface area (Å²) >= 11 is 0. The summed E-state index contributed by atoms with van der Waals surface area (Å²) in [7, 11) is 0. The molecule has 0 aliphatic carbocycles. The predicted octanol–water partition coefficient (Wildman–Crippen LogP) is 4.39. The molecule has 0 bridgehead atoms. The highest BCUT2D eigenvalue weighted by atomic mass is 19.1. The largest absolute Gasteiger partial charge is 0.374 e. The fraction of sp³-hybridized carbons (Fsp3) is 0.278. The summed E-state index contributed by atoms with van der Waals surface area (Å²) in [5.41, 5.74) is 2.73. The molecule has 2 aromatic rings. The summed E-state index contributed by atoms with van der Waals surface area (Å²) < 4.78 is 12.8. The van der Waals surface area contributed by atoms with Crippen LogP contribution in [0.15, 0.2) is 48.5 Å². The first-order chi connectivity index (χ1) is 10.5. The standard InChI is InChI=1S/C18H21FN2O/c1-12(2)14-4-8-16(9-5-14)20-13(3)18(22)21-17-10-6-15(19)7-11-17/h4-13,20H,1-3H3,(H,21,22). The molecule has 2 rings (SSSR count). The number of rotatable bonds is 5. The van der Waals surface area contributed by atoms with Crippen molar-refractivity contribution in [2.75, 3.05) is 10.6 Å². The first-order valence-corrected chi connectivity index (χ1v) is 7.38. The lowest BCUT2D eigenvalue weighted by molar-refractivity contribution is -0.116. The number of benzene rings is 2. The Morgan fingerprint density at radius 3 is 2.00 bits per heavy atom. The molecular weight excluding hydrogens is 279 g/mol. The lowest BCUT2D eigenvalue weighted by Gasteiger charge is -2.16. The zero-order valence-corrected chi connectivity index (χ0v) is 13.1. The zero-order valence-electron chi connectivity index (χ0n) is 13.1. The lowest BCUT2D eigenvalue weighted by atomic mass is 10.0. The van der Waals surface area contributed by atoms with Gasteiger partial charge < -0.3 is 10.6 Å². The van der Waals surface area contributed by atoms with Gasteiger partial charge in [-0.3, -0.25) is 4.79 Å². The predicted molar refractivity (Wildman–Crippen MR) is 88.6 cm³/mol. The number of hydrogen-bond acceptors (Lipinski definition) is 2. The highest BCUT2D eigenvalue weighted by molar-refractivity contribution is 5.96. The van der Waals surface area contributed by atoms with E-state index in [1.54, 1.807) is 6.92 Å². The Bertz CT molecular complexity index is 621. The van der Waals surface area contributed by atoms with Gasteiger partial charge in [0.1, 0.15) is 11.9 Å². The van der Waals surface area contributed by atoms with Crippen LogP contribution in [-0.2, 0) is 4.79 Å². The molecule has 0 heterocycles. The molecule has 0 aliphatic rings. The highest BCUT2D eigenvalue weighted by Gasteiger charge is 2.13. The third-order valence-corrected chi connectivity index (χ3v) is 3.47. The van der Waals surface area contributed by atoms with Crippen molar-refractivity contribution in [2.45, 2.75) is 32.7 Å². The topological polar surface area (TPSA) is 41.1 Å². The van der Waals surface area contributed by atoms with Gasteiger partial charge in [-0.25, -0.2) is 4.39 Å². The van der Waals surface area contributed by atoms with Crippen LogP contribution >= 0.6 is 0 Å². The molecule has 0 fully saturated rings. The smallest absolute Gasteiger partial charge is 0.246 e. The van der Waals surface area contributed by atoms with Crippen LogP contribution in [0.1, 0.15) is 32.3 Å². The average Bonchev–Trinajstić information content (AvgIpc) is 2.50. The van der Waals surface area contributed by atoms with E-state index in [-0.39, 0.29) is 11.7 Å². The first-order valence-electron chi connectivity index (χ1n) is 7.38. The van der Waals surface area contributed by atoms with Gasteiger partial charge in [-0.15, -0.1) is 0 Å². The summed E-state index contributed by atoms with van der Waals surface area (Å²) in [6.45, 7) is 6.07. The second-order valence-corrected chi connectivity index (χ2v) is 5.64. The second-order valence-electron chi connectivity index (χ2n) is 5.64. The summed E-state index contributed by atoms with van der Waals surface area (Å²) in [6.07, 6.45) is 0. The maximum Gasteiger partial charge on any atom is 0.246 e. The lowest BCUT2D eigenvalue weighted by Crippen LogP contribution is -2.31. The molecule has 0 radical (unpaired) electrons. The summed E-state index contributed by atoms with van der Waals surface area (Å²) in [5.74, 6) is -0.0118. The van der Waals surface area contributed by atoms with Crippen molar-refractivity contribution in [1.82, 2.24) is 0 Å². The van der Waals surface area contributed by atoms with E-state index in [1.165, 1.54) is 29.8 Å². The molecule has 22 heavy (non-hydrogen) atoms. The van der Waals surface area contributed by atoms with Crippen LogP contribution < -0.4 is 10.6 Å². The van der Waals surface area contributed by atoms with Crippen LogP contribution in [-0.4, -0.2) is 11.9 Å². The van der Waals surface area contributed by atoms with Crippen molar-refractivity contribution >= 4 is 17.3 Å². The number of anilines is 2. The van der Waals surface area contributed by atoms with E-state index < -0.39 is 6.04 Å². The number of carbonyl (C=O) groups is 1. The van der Waals surface area contributed by atoms with Gasteiger partial charge in [-0.2, -0.15) is 0 Å². The van der Waals surface area contributed by atoms with Gasteiger partial charge in [0, 0.05) is 11.4 Å². The zero-order chi connectivity index (χ0) is 16.1. The summed E-state index contributed by atoms with van der Waals surface area (Å²) in [6, 6.07) is 13.4. The molecule has 2 aromatic carbocycles. The van der Waals surface area contributed by atoms with Crippen molar-refractivity contribution in [2.24, 2.45) is 0 Å². The summed E-state index contributed by atoms with van der Waals surface area (Å²) in [4.78, 5) is 12.1. The monoisotopic (exact) mass is 300 g/mol. The Morgan fingerprint density at radius 2 is 1.45 bits per heavy atom. The van der Waals surface area contributed by atoms with Crippen LogP contribution in [0.4, 0.5) is 15.8 Å². The number of amides is 1. The van der Waals surface area contributed by atoms with E-state index in [4.69, 9.17) is 0 Å². The molecule has 116 valence electrons. The van der Waals surface area contributed by atoms with E-state index in [0.29, 0.717) is 11.6 Å². The SMILES string of the molecule is CC(Nc1ccc(C(C)C)cc1)C(=O)Nc1ccc(F)cc1. The molecule has 0 aliphatic heterocycles. The average molecular weight is 300 g/mol. The summed E-state index contributed by atoms with van der Waals surface area (Å²) in [5, 5.41) is 5.90. The van der Waals surface area contributed by atoms with Crippen molar-refractivity contribution < 1.29 is 9.18 Å². The van der Waals surface area contributed by atoms with Gasteiger partial charge in [0.25, 0.3) is 0 Å². The Labute approximate surface area is 130 Å². The fourth-order valence-electron chi connectivity index (χ4n) is 2.06. The molecule has 0 spiro atoms. The van der Waals surface area contributed by atoms with Crippen molar-refractivity contribution in [3.8, 4) is 0 Å². The molecule has 4 heteroatoms. The van der Waals surface area contributed by atoms with Crippen molar-refractivity contribution in [3.63, 3.8) is 0 Å². The van der Waals surface area contributed by atoms with Gasteiger partial charge in [0.15, 0.2) is 0 Å². The maximum absolute atomic E-state index is 12.8. The Kier molecular flexibility index (Phi) is 5.15. The molecule has 1 unspecified atom stereocenters. The Hall–Kier alpha value is -2.36. The van der Waals surface area contributed by atoms with Gasteiger partial charge in [-0.05, 0) is 54.8 Å². The minimum absolute atomic E-state index is 0.167. The van der Waals surface area contributed by atoms with E-state index in [1.807, 2.05) is 12.1 Å². The quantitative estimate of drug-likeness (QED) is 0.860. The van der Waals surface area contributed by atoms with Gasteiger partial charge in [0.2, 0.25) is 5.91 Å². The van der Waals surface area contributed by atoms with Gasteiger partial charge >= 0.3 is 0 Å². The van der Waals surface area contributed by atoms with Crippen LogP contribution in [0.25, 0.3) is 0 Å². The van der Waals surface area contributed by atoms with Crippen LogP contribution in [0.5, 0.6) is 0 Å². The van der Waals surface area contributed by atoms with Crippen LogP contribution in [0.3, 0.4) is 0 Å². The maximum atomic E-state index is 12.8. The third-order valence-electron chi connectivity index (χ3n) is 3.47. The molecular formula is C18H21FN2O. The van der Waals surface area contributed by atoms with E-state index in [9.17, 15) is 9.18 Å². The van der Waals surface area contributed by atoms with Crippen molar-refractivity contribution in [3.05, 3.63) is 59.9 Å². The minimum atomic E-state index is -0.394. The molecule has 1 amide bonds. The van der Waals surface area contributed by atoms with Crippen molar-refractivity contribution in [1.29, 1.82) is 0 Å². The molecule has 0 saturated carbocycles. The van der Waals surface area contributed by atoms with E-state index >= 15 is 0 Å². The highest BCUT2D eigenvalue weighted by Crippen LogP contribution is 2.18. The van der Waals surface area contributed by atoms with E-state index in [0.717, 1.165) is 5.69 Å². The second kappa shape index (κ2) is 7.07. The molecule has 3 nitrogen and oxygen atoms in total. The normalized spacial score (nSPS) is 12.0. The Balaban J connectivity index is 1.94. The number of nitrogens with one attached hydrogen (secondary N) is 2. The molecule has 1 atom stereocenters. The van der Waals surface area contributed by atoms with Gasteiger partial charge in [-0.1, -0.05) is 26.0 Å². The minimum Gasteiger partial charge on any atom is -0.374 e. The number of hydrogen-bond donors (Lipinski definition) is 2. The Morgan fingerprint density at radius 1 is 0.909 bits per heavy atom. The third kappa shape index (κ3) is 4.32. The first kappa shape index (κ1) is 16.0. The molecule has 2 N–H and O–H groups in total. The number of carbonyl (C=O) groups excluding carboxylic acids is 1. The number of halogens is 1. The van der Waals surface area contributed by atoms with Crippen LogP contribution in [0.2, 0.25) is 0 Å². The fourth-order valence-corrected chi connectivity index (χ4v) is 2.06. The molecule has 0 aromatic heterocycles. The van der Waals surface area contributed by atoms with E-state index in [2.05, 4.69) is 36.6 Å². The molecule has 0 saturated heterocycles. The van der Waals surface area contributed by atoms with Gasteiger partial charge in [0.05, 0.1) is 0 Å².